The molecule has 0 fully saturated rings. The molecule has 124 valence electrons. The van der Waals surface area contributed by atoms with Gasteiger partial charge in [-0.3, -0.25) is 9.03 Å². The lowest BCUT2D eigenvalue weighted by Gasteiger charge is -2.17. The molecule has 0 heterocycles. The Labute approximate surface area is 144 Å². The minimum atomic E-state index is -3.75. The number of halogens is 1. The van der Waals surface area contributed by atoms with Crippen LogP contribution in [0.1, 0.15) is 0 Å². The quantitative estimate of drug-likeness (QED) is 0.808. The molecule has 2 aromatic rings. The van der Waals surface area contributed by atoms with Crippen LogP contribution >= 0.6 is 15.9 Å². The number of hydrogen-bond acceptors (Lipinski definition) is 4. The normalized spacial score (nSPS) is 12.0. The fourth-order valence-corrected chi connectivity index (χ4v) is 3.59. The van der Waals surface area contributed by atoms with Crippen LogP contribution in [0.25, 0.3) is 0 Å². The SMILES string of the molecule is CN(c1cccc(NS(=O)(=O)c2ccc(Br)cc2)c1)S(C)(=O)=O. The number of rotatable bonds is 5. The van der Waals surface area contributed by atoms with Crippen molar-refractivity contribution in [2.24, 2.45) is 0 Å². The molecule has 0 bridgehead atoms. The summed E-state index contributed by atoms with van der Waals surface area (Å²) in [6.07, 6.45) is 1.08. The summed E-state index contributed by atoms with van der Waals surface area (Å²) in [6.45, 7) is 0. The number of hydrogen-bond donors (Lipinski definition) is 1. The molecule has 0 aromatic heterocycles. The topological polar surface area (TPSA) is 83.6 Å². The van der Waals surface area contributed by atoms with Crippen LogP contribution in [-0.2, 0) is 20.0 Å². The van der Waals surface area contributed by atoms with Crippen molar-refractivity contribution in [3.63, 3.8) is 0 Å². The van der Waals surface area contributed by atoms with Gasteiger partial charge in [0.05, 0.1) is 22.5 Å². The van der Waals surface area contributed by atoms with Crippen LogP contribution in [0.15, 0.2) is 57.9 Å². The average molecular weight is 419 g/mol. The maximum absolute atomic E-state index is 12.3. The molecule has 23 heavy (non-hydrogen) atoms. The standard InChI is InChI=1S/C14H15BrN2O4S2/c1-17(22(2,18)19)13-5-3-4-12(10-13)16-23(20,21)14-8-6-11(15)7-9-14/h3-10,16H,1-2H3. The number of benzene rings is 2. The summed E-state index contributed by atoms with van der Waals surface area (Å²) in [5.74, 6) is 0. The maximum Gasteiger partial charge on any atom is 0.261 e. The molecule has 0 saturated heterocycles. The van der Waals surface area contributed by atoms with Gasteiger partial charge in [0, 0.05) is 11.5 Å². The fraction of sp³-hybridized carbons (Fsp3) is 0.143. The van der Waals surface area contributed by atoms with E-state index in [4.69, 9.17) is 0 Å². The lowest BCUT2D eigenvalue weighted by Crippen LogP contribution is -2.24. The monoisotopic (exact) mass is 418 g/mol. The summed E-state index contributed by atoms with van der Waals surface area (Å²) in [5, 5.41) is 0. The first-order chi connectivity index (χ1) is 10.6. The molecule has 0 radical (unpaired) electrons. The molecule has 2 aromatic carbocycles. The van der Waals surface area contributed by atoms with Crippen LogP contribution in [0.4, 0.5) is 11.4 Å². The molecule has 0 amide bonds. The molecule has 0 saturated carbocycles. The van der Waals surface area contributed by atoms with Gasteiger partial charge in [-0.25, -0.2) is 16.8 Å². The first-order valence-corrected chi connectivity index (χ1v) is 10.5. The molecule has 0 spiro atoms. The maximum atomic E-state index is 12.3. The molecular weight excluding hydrogens is 404 g/mol. The van der Waals surface area contributed by atoms with E-state index >= 15 is 0 Å². The van der Waals surface area contributed by atoms with E-state index in [9.17, 15) is 16.8 Å². The Morgan fingerprint density at radius 2 is 1.61 bits per heavy atom. The molecule has 0 atom stereocenters. The van der Waals surface area contributed by atoms with Gasteiger partial charge in [0.15, 0.2) is 0 Å². The molecular formula is C14H15BrN2O4S2. The van der Waals surface area contributed by atoms with E-state index in [1.54, 1.807) is 30.3 Å². The Hall–Kier alpha value is -1.58. The van der Waals surface area contributed by atoms with Crippen LogP contribution in [0, 0.1) is 0 Å². The smallest absolute Gasteiger partial charge is 0.261 e. The van der Waals surface area contributed by atoms with Crippen LogP contribution in [-0.4, -0.2) is 30.1 Å². The lowest BCUT2D eigenvalue weighted by molar-refractivity contribution is 0.599. The highest BCUT2D eigenvalue weighted by Crippen LogP contribution is 2.23. The van der Waals surface area contributed by atoms with Crippen LogP contribution in [0.3, 0.4) is 0 Å². The van der Waals surface area contributed by atoms with Gasteiger partial charge in [-0.1, -0.05) is 22.0 Å². The van der Waals surface area contributed by atoms with E-state index in [-0.39, 0.29) is 10.6 Å². The Bertz CT molecular complexity index is 910. The first kappa shape index (κ1) is 17.8. The van der Waals surface area contributed by atoms with Gasteiger partial charge in [-0.05, 0) is 42.5 Å². The van der Waals surface area contributed by atoms with Gasteiger partial charge in [0.2, 0.25) is 10.0 Å². The largest absolute Gasteiger partial charge is 0.280 e. The lowest BCUT2D eigenvalue weighted by atomic mass is 10.3. The van der Waals surface area contributed by atoms with Crippen molar-refractivity contribution in [3.8, 4) is 0 Å². The van der Waals surface area contributed by atoms with Gasteiger partial charge in [-0.15, -0.1) is 0 Å². The first-order valence-electron chi connectivity index (χ1n) is 6.42. The number of sulfonamides is 2. The molecule has 9 heteroatoms. The van der Waals surface area contributed by atoms with Gasteiger partial charge < -0.3 is 0 Å². The van der Waals surface area contributed by atoms with Crippen molar-refractivity contribution >= 4 is 47.4 Å². The van der Waals surface area contributed by atoms with Crippen molar-refractivity contribution < 1.29 is 16.8 Å². The summed E-state index contributed by atoms with van der Waals surface area (Å²) in [4.78, 5) is 0.113. The zero-order valence-electron chi connectivity index (χ0n) is 12.4. The Kier molecular flexibility index (Phi) is 5.02. The van der Waals surface area contributed by atoms with Gasteiger partial charge >= 0.3 is 0 Å². The van der Waals surface area contributed by atoms with E-state index in [0.29, 0.717) is 5.69 Å². The van der Waals surface area contributed by atoms with Gasteiger partial charge in [0.1, 0.15) is 0 Å². The molecule has 6 nitrogen and oxygen atoms in total. The summed E-state index contributed by atoms with van der Waals surface area (Å²) in [5.41, 5.74) is 0.643. The molecule has 1 N–H and O–H groups in total. The summed E-state index contributed by atoms with van der Waals surface area (Å²) in [7, 11) is -5.77. The van der Waals surface area contributed by atoms with Crippen molar-refractivity contribution in [1.82, 2.24) is 0 Å². The van der Waals surface area contributed by atoms with E-state index in [1.807, 2.05) is 0 Å². The number of nitrogens with zero attached hydrogens (tertiary/aromatic N) is 1. The van der Waals surface area contributed by atoms with E-state index in [0.717, 1.165) is 15.0 Å². The highest BCUT2D eigenvalue weighted by atomic mass is 79.9. The van der Waals surface area contributed by atoms with Crippen molar-refractivity contribution in [2.45, 2.75) is 4.90 Å². The second-order valence-electron chi connectivity index (χ2n) is 4.84. The minimum absolute atomic E-state index is 0.113. The van der Waals surface area contributed by atoms with Crippen molar-refractivity contribution in [3.05, 3.63) is 53.0 Å². The molecule has 0 aliphatic rings. The summed E-state index contributed by atoms with van der Waals surface area (Å²) >= 11 is 3.25. The molecule has 2 rings (SSSR count). The Morgan fingerprint density at radius 1 is 1.00 bits per heavy atom. The number of nitrogens with one attached hydrogen (secondary N) is 1. The molecule has 0 aliphatic heterocycles. The highest BCUT2D eigenvalue weighted by Gasteiger charge is 2.16. The Balaban J connectivity index is 2.32. The molecule has 0 unspecified atom stereocenters. The third kappa shape index (κ3) is 4.46. The van der Waals surface area contributed by atoms with Crippen LogP contribution in [0.2, 0.25) is 0 Å². The highest BCUT2D eigenvalue weighted by molar-refractivity contribution is 9.10. The third-order valence-electron chi connectivity index (χ3n) is 3.08. The van der Waals surface area contributed by atoms with Crippen LogP contribution < -0.4 is 9.03 Å². The molecule has 0 aliphatic carbocycles. The van der Waals surface area contributed by atoms with Crippen LogP contribution in [0.5, 0.6) is 0 Å². The van der Waals surface area contributed by atoms with E-state index in [2.05, 4.69) is 20.7 Å². The third-order valence-corrected chi connectivity index (χ3v) is 6.22. The predicted molar refractivity (Wildman–Crippen MR) is 94.6 cm³/mol. The predicted octanol–water partition coefficient (Wildman–Crippen LogP) is 2.65. The number of anilines is 2. The van der Waals surface area contributed by atoms with Crippen molar-refractivity contribution in [1.29, 1.82) is 0 Å². The van der Waals surface area contributed by atoms with Gasteiger partial charge in [0.25, 0.3) is 10.0 Å². The Morgan fingerprint density at radius 3 is 2.17 bits per heavy atom. The summed E-state index contributed by atoms with van der Waals surface area (Å²) < 4.78 is 52.1. The van der Waals surface area contributed by atoms with Crippen molar-refractivity contribution in [2.75, 3.05) is 22.3 Å². The van der Waals surface area contributed by atoms with Gasteiger partial charge in [-0.2, -0.15) is 0 Å². The summed E-state index contributed by atoms with van der Waals surface area (Å²) in [6, 6.07) is 12.4. The average Bonchev–Trinajstić information content (AvgIpc) is 2.45. The minimum Gasteiger partial charge on any atom is -0.280 e. The fourth-order valence-electron chi connectivity index (χ4n) is 1.78. The zero-order chi connectivity index (χ0) is 17.3. The second kappa shape index (κ2) is 6.50. The van der Waals surface area contributed by atoms with E-state index < -0.39 is 20.0 Å². The second-order valence-corrected chi connectivity index (χ2v) is 9.45. The zero-order valence-corrected chi connectivity index (χ0v) is 15.6. The van der Waals surface area contributed by atoms with E-state index in [1.165, 1.54) is 25.2 Å².